The highest BCUT2D eigenvalue weighted by Crippen LogP contribution is 2.36. The zero-order chi connectivity index (χ0) is 21.8. The summed E-state index contributed by atoms with van der Waals surface area (Å²) in [5.74, 6) is 0.593. The second-order valence-electron chi connectivity index (χ2n) is 6.10. The zero-order valence-electron chi connectivity index (χ0n) is 16.8. The lowest BCUT2D eigenvalue weighted by Crippen LogP contribution is -2.54. The van der Waals surface area contributed by atoms with Crippen LogP contribution in [0.25, 0.3) is 6.08 Å². The summed E-state index contributed by atoms with van der Waals surface area (Å²) in [6.45, 7) is 0. The van der Waals surface area contributed by atoms with Crippen molar-refractivity contribution in [3.63, 3.8) is 0 Å². The third-order valence-electron chi connectivity index (χ3n) is 4.46. The van der Waals surface area contributed by atoms with Gasteiger partial charge in [-0.1, -0.05) is 6.07 Å². The number of hydrogen-bond donors (Lipinski definition) is 1. The van der Waals surface area contributed by atoms with E-state index in [-0.39, 0.29) is 10.7 Å². The third kappa shape index (κ3) is 3.92. The van der Waals surface area contributed by atoms with Crippen LogP contribution in [-0.2, 0) is 9.59 Å². The van der Waals surface area contributed by atoms with Crippen molar-refractivity contribution in [2.75, 3.05) is 33.3 Å². The molecule has 9 heteroatoms. The Hall–Kier alpha value is -3.59. The van der Waals surface area contributed by atoms with Crippen LogP contribution in [0.5, 0.6) is 23.0 Å². The zero-order valence-corrected chi connectivity index (χ0v) is 17.7. The molecule has 0 bridgehead atoms. The first-order valence-electron chi connectivity index (χ1n) is 8.79. The number of carbonyl (C=O) groups is 2. The van der Waals surface area contributed by atoms with Crippen molar-refractivity contribution in [3.8, 4) is 23.0 Å². The molecular formula is C21H20N2O6S. The molecule has 0 spiro atoms. The molecule has 1 aliphatic heterocycles. The van der Waals surface area contributed by atoms with Crippen molar-refractivity contribution in [1.82, 2.24) is 5.32 Å². The summed E-state index contributed by atoms with van der Waals surface area (Å²) in [5.41, 5.74) is 0.745. The predicted molar refractivity (Wildman–Crippen MR) is 115 cm³/mol. The normalized spacial score (nSPS) is 15.1. The Labute approximate surface area is 179 Å². The van der Waals surface area contributed by atoms with Crippen LogP contribution in [0, 0.1) is 0 Å². The smallest absolute Gasteiger partial charge is 0.270 e. The minimum atomic E-state index is -0.621. The summed E-state index contributed by atoms with van der Waals surface area (Å²) in [6.07, 6.45) is 1.41. The van der Waals surface area contributed by atoms with Crippen LogP contribution in [0.4, 0.5) is 5.69 Å². The fraction of sp³-hybridized carbons (Fsp3) is 0.190. The summed E-state index contributed by atoms with van der Waals surface area (Å²) in [4.78, 5) is 27.1. The number of anilines is 1. The standard InChI is InChI=1S/C21H20N2O6S/c1-26-13-7-5-6-12(8-13)23-20(25)16(19(24)22-21(23)30)11-15-17(28-3)9-14(27-2)10-18(15)29-4/h5-11H,1-4H3,(H,22,24,30)/b16-11+. The molecule has 0 saturated carbocycles. The van der Waals surface area contributed by atoms with Gasteiger partial charge in [0.2, 0.25) is 0 Å². The van der Waals surface area contributed by atoms with Gasteiger partial charge in [-0.25, -0.2) is 0 Å². The molecule has 1 saturated heterocycles. The Balaban J connectivity index is 2.11. The molecule has 1 N–H and O–H groups in total. The Morgan fingerprint density at radius 2 is 1.53 bits per heavy atom. The van der Waals surface area contributed by atoms with Crippen molar-refractivity contribution >= 4 is 40.9 Å². The van der Waals surface area contributed by atoms with Crippen LogP contribution in [0.15, 0.2) is 42.0 Å². The number of hydrogen-bond acceptors (Lipinski definition) is 7. The van der Waals surface area contributed by atoms with Gasteiger partial charge in [0.15, 0.2) is 5.11 Å². The van der Waals surface area contributed by atoms with E-state index in [4.69, 9.17) is 31.2 Å². The molecule has 8 nitrogen and oxygen atoms in total. The summed E-state index contributed by atoms with van der Waals surface area (Å²) in [6, 6.07) is 10.1. The first-order chi connectivity index (χ1) is 14.4. The maximum Gasteiger partial charge on any atom is 0.270 e. The van der Waals surface area contributed by atoms with Gasteiger partial charge in [-0.3, -0.25) is 19.8 Å². The first kappa shape index (κ1) is 21.1. The minimum Gasteiger partial charge on any atom is -0.497 e. The Bertz CT molecular complexity index is 1020. The Morgan fingerprint density at radius 3 is 2.10 bits per heavy atom. The molecule has 0 radical (unpaired) electrons. The monoisotopic (exact) mass is 428 g/mol. The lowest BCUT2D eigenvalue weighted by Gasteiger charge is -2.29. The average molecular weight is 428 g/mol. The second-order valence-corrected chi connectivity index (χ2v) is 6.49. The van der Waals surface area contributed by atoms with E-state index >= 15 is 0 Å². The van der Waals surface area contributed by atoms with E-state index in [9.17, 15) is 9.59 Å². The van der Waals surface area contributed by atoms with Crippen molar-refractivity contribution in [2.24, 2.45) is 0 Å². The molecule has 30 heavy (non-hydrogen) atoms. The molecule has 1 heterocycles. The number of ether oxygens (including phenoxy) is 4. The van der Waals surface area contributed by atoms with E-state index in [1.165, 1.54) is 39.4 Å². The number of rotatable bonds is 6. The molecule has 1 fully saturated rings. The summed E-state index contributed by atoms with van der Waals surface area (Å²) in [5, 5.41) is 2.52. The molecule has 0 atom stereocenters. The van der Waals surface area contributed by atoms with E-state index < -0.39 is 11.8 Å². The van der Waals surface area contributed by atoms with Gasteiger partial charge in [0.25, 0.3) is 11.8 Å². The predicted octanol–water partition coefficient (Wildman–Crippen LogP) is 2.55. The number of thiocarbonyl (C=S) groups is 1. The largest absolute Gasteiger partial charge is 0.497 e. The van der Waals surface area contributed by atoms with Gasteiger partial charge in [-0.05, 0) is 30.4 Å². The molecule has 0 aromatic heterocycles. The molecule has 0 aliphatic carbocycles. The summed E-state index contributed by atoms with van der Waals surface area (Å²) in [7, 11) is 5.97. The first-order valence-corrected chi connectivity index (χ1v) is 9.19. The van der Waals surface area contributed by atoms with Gasteiger partial charge in [-0.2, -0.15) is 0 Å². The lowest BCUT2D eigenvalue weighted by molar-refractivity contribution is -0.122. The van der Waals surface area contributed by atoms with E-state index in [2.05, 4.69) is 5.32 Å². The number of carbonyl (C=O) groups excluding carboxylic acids is 2. The van der Waals surface area contributed by atoms with Crippen LogP contribution < -0.4 is 29.2 Å². The van der Waals surface area contributed by atoms with Crippen LogP contribution in [0.3, 0.4) is 0 Å². The Morgan fingerprint density at radius 1 is 0.900 bits per heavy atom. The number of nitrogens with zero attached hydrogens (tertiary/aromatic N) is 1. The van der Waals surface area contributed by atoms with E-state index in [1.807, 2.05) is 0 Å². The summed E-state index contributed by atoms with van der Waals surface area (Å²) >= 11 is 5.23. The van der Waals surface area contributed by atoms with Crippen LogP contribution in [0.1, 0.15) is 5.56 Å². The van der Waals surface area contributed by atoms with Crippen LogP contribution in [-0.4, -0.2) is 45.4 Å². The topological polar surface area (TPSA) is 86.3 Å². The van der Waals surface area contributed by atoms with Gasteiger partial charge in [0.1, 0.15) is 28.6 Å². The van der Waals surface area contributed by atoms with E-state index in [1.54, 1.807) is 36.4 Å². The van der Waals surface area contributed by atoms with Gasteiger partial charge in [0.05, 0.1) is 39.7 Å². The number of nitrogens with one attached hydrogen (secondary N) is 1. The van der Waals surface area contributed by atoms with Crippen LogP contribution >= 0.6 is 12.2 Å². The number of amides is 2. The molecule has 3 rings (SSSR count). The van der Waals surface area contributed by atoms with Gasteiger partial charge < -0.3 is 18.9 Å². The maximum atomic E-state index is 13.2. The van der Waals surface area contributed by atoms with Crippen molar-refractivity contribution in [2.45, 2.75) is 0 Å². The van der Waals surface area contributed by atoms with Crippen molar-refractivity contribution in [1.29, 1.82) is 0 Å². The molecule has 2 amide bonds. The fourth-order valence-electron chi connectivity index (χ4n) is 2.96. The number of methoxy groups -OCH3 is 4. The molecule has 1 aliphatic rings. The molecule has 2 aromatic carbocycles. The minimum absolute atomic E-state index is 0.0240. The molecule has 156 valence electrons. The fourth-order valence-corrected chi connectivity index (χ4v) is 3.24. The van der Waals surface area contributed by atoms with E-state index in [0.717, 1.165) is 0 Å². The lowest BCUT2D eigenvalue weighted by atomic mass is 10.0. The SMILES string of the molecule is COc1cccc(N2C(=O)/C(=C/c3c(OC)cc(OC)cc3OC)C(=O)NC2=S)c1. The maximum absolute atomic E-state index is 13.2. The summed E-state index contributed by atoms with van der Waals surface area (Å²) < 4.78 is 21.3. The van der Waals surface area contributed by atoms with Crippen molar-refractivity contribution in [3.05, 3.63) is 47.5 Å². The molecular weight excluding hydrogens is 408 g/mol. The average Bonchev–Trinajstić information content (AvgIpc) is 2.76. The van der Waals surface area contributed by atoms with Gasteiger partial charge in [0, 0.05) is 18.2 Å². The van der Waals surface area contributed by atoms with Gasteiger partial charge >= 0.3 is 0 Å². The highest BCUT2D eigenvalue weighted by molar-refractivity contribution is 7.80. The molecule has 2 aromatic rings. The molecule has 0 unspecified atom stereocenters. The highest BCUT2D eigenvalue weighted by Gasteiger charge is 2.35. The Kier molecular flexibility index (Phi) is 6.22. The second kappa shape index (κ2) is 8.83. The van der Waals surface area contributed by atoms with Gasteiger partial charge in [-0.15, -0.1) is 0 Å². The van der Waals surface area contributed by atoms with Crippen molar-refractivity contribution < 1.29 is 28.5 Å². The highest BCUT2D eigenvalue weighted by atomic mass is 32.1. The van der Waals surface area contributed by atoms with Crippen LogP contribution in [0.2, 0.25) is 0 Å². The number of benzene rings is 2. The quantitative estimate of drug-likeness (QED) is 0.430. The third-order valence-corrected chi connectivity index (χ3v) is 4.74. The van der Waals surface area contributed by atoms with E-state index in [0.29, 0.717) is 34.2 Å².